The first-order valence-corrected chi connectivity index (χ1v) is 9.88. The number of anilines is 1. The summed E-state index contributed by atoms with van der Waals surface area (Å²) >= 11 is 0. The maximum absolute atomic E-state index is 13.1. The van der Waals surface area contributed by atoms with Gasteiger partial charge in [0.05, 0.1) is 17.6 Å². The van der Waals surface area contributed by atoms with Crippen molar-refractivity contribution in [3.8, 4) is 0 Å². The van der Waals surface area contributed by atoms with E-state index >= 15 is 0 Å². The van der Waals surface area contributed by atoms with Crippen molar-refractivity contribution in [3.05, 3.63) is 60.2 Å². The van der Waals surface area contributed by atoms with E-state index in [-0.39, 0.29) is 29.5 Å². The lowest BCUT2D eigenvalue weighted by Gasteiger charge is -2.37. The van der Waals surface area contributed by atoms with Gasteiger partial charge in [-0.1, -0.05) is 30.3 Å². The fourth-order valence-electron chi connectivity index (χ4n) is 2.99. The average Bonchev–Trinajstić information content (AvgIpc) is 2.62. The molecule has 0 aromatic heterocycles. The molecule has 2 aromatic carbocycles. The number of sulfonamides is 1. The molecule has 0 radical (unpaired) electrons. The van der Waals surface area contributed by atoms with Crippen molar-refractivity contribution in [2.75, 3.05) is 18.5 Å². The second kappa shape index (κ2) is 7.57. The minimum absolute atomic E-state index is 0.201. The number of carbonyl (C=O) groups excluding carboxylic acids is 1. The molecular formula is C19H22N2O4S. The lowest BCUT2D eigenvalue weighted by molar-refractivity contribution is -0.114. The molecule has 2 unspecified atom stereocenters. The lowest BCUT2D eigenvalue weighted by atomic mass is 10.1. The number of benzene rings is 2. The smallest absolute Gasteiger partial charge is 0.243 e. The second-order valence-corrected chi connectivity index (χ2v) is 8.25. The van der Waals surface area contributed by atoms with Crippen LogP contribution in [0.25, 0.3) is 0 Å². The molecule has 26 heavy (non-hydrogen) atoms. The van der Waals surface area contributed by atoms with E-state index in [1.807, 2.05) is 37.3 Å². The molecule has 2 aromatic rings. The zero-order valence-corrected chi connectivity index (χ0v) is 15.6. The molecule has 1 N–H and O–H groups in total. The van der Waals surface area contributed by atoms with E-state index in [1.54, 1.807) is 12.1 Å². The van der Waals surface area contributed by atoms with E-state index in [4.69, 9.17) is 4.74 Å². The molecule has 0 bridgehead atoms. The van der Waals surface area contributed by atoms with Crippen molar-refractivity contribution in [1.82, 2.24) is 4.31 Å². The Balaban J connectivity index is 1.83. The number of amides is 1. The first kappa shape index (κ1) is 18.6. The predicted octanol–water partition coefficient (Wildman–Crippen LogP) is 2.80. The van der Waals surface area contributed by atoms with Crippen molar-refractivity contribution in [3.63, 3.8) is 0 Å². The Hall–Kier alpha value is -2.22. The molecule has 0 aliphatic carbocycles. The molecule has 1 fully saturated rings. The quantitative estimate of drug-likeness (QED) is 0.893. The fraction of sp³-hybridized carbons (Fsp3) is 0.316. The van der Waals surface area contributed by atoms with Crippen LogP contribution in [0.3, 0.4) is 0 Å². The van der Waals surface area contributed by atoms with E-state index in [1.165, 1.54) is 23.4 Å². The minimum Gasteiger partial charge on any atom is -0.370 e. The third-order valence-electron chi connectivity index (χ3n) is 4.33. The molecule has 7 heteroatoms. The maximum atomic E-state index is 13.1. The van der Waals surface area contributed by atoms with E-state index in [0.717, 1.165) is 5.56 Å². The summed E-state index contributed by atoms with van der Waals surface area (Å²) in [6, 6.07) is 15.6. The topological polar surface area (TPSA) is 75.7 Å². The van der Waals surface area contributed by atoms with Crippen LogP contribution in [-0.2, 0) is 19.6 Å². The molecule has 1 aliphatic heterocycles. The molecule has 1 amide bonds. The van der Waals surface area contributed by atoms with Gasteiger partial charge in [0.15, 0.2) is 0 Å². The van der Waals surface area contributed by atoms with Gasteiger partial charge in [-0.15, -0.1) is 0 Å². The Bertz CT molecular complexity index is 866. The van der Waals surface area contributed by atoms with Gasteiger partial charge in [0.2, 0.25) is 15.9 Å². The Morgan fingerprint density at radius 1 is 1.12 bits per heavy atom. The zero-order valence-electron chi connectivity index (χ0n) is 14.8. The van der Waals surface area contributed by atoms with Gasteiger partial charge < -0.3 is 10.1 Å². The number of carbonyl (C=O) groups is 1. The SMILES string of the molecule is CC(=O)Nc1ccc(S(=O)(=O)N2CC(c3ccccc3)OCC2C)cc1. The molecule has 1 aliphatic rings. The van der Waals surface area contributed by atoms with Crippen LogP contribution in [0.1, 0.15) is 25.5 Å². The summed E-state index contributed by atoms with van der Waals surface area (Å²) < 4.78 is 33.5. The van der Waals surface area contributed by atoms with Crippen LogP contribution in [-0.4, -0.2) is 37.8 Å². The summed E-state index contributed by atoms with van der Waals surface area (Å²) in [6.45, 7) is 3.85. The van der Waals surface area contributed by atoms with Crippen LogP contribution < -0.4 is 5.32 Å². The van der Waals surface area contributed by atoms with Gasteiger partial charge in [-0.25, -0.2) is 8.42 Å². The third kappa shape index (κ3) is 3.95. The van der Waals surface area contributed by atoms with Gasteiger partial charge in [0.25, 0.3) is 0 Å². The van der Waals surface area contributed by atoms with Gasteiger partial charge in [0.1, 0.15) is 0 Å². The summed E-state index contributed by atoms with van der Waals surface area (Å²) in [5.41, 5.74) is 1.52. The van der Waals surface area contributed by atoms with E-state index in [0.29, 0.717) is 12.3 Å². The molecule has 138 valence electrons. The number of nitrogens with one attached hydrogen (secondary N) is 1. The second-order valence-electron chi connectivity index (χ2n) is 6.36. The molecule has 3 rings (SSSR count). The standard InChI is InChI=1S/C19H22N2O4S/c1-14-13-25-19(16-6-4-3-5-7-16)12-21(14)26(23,24)18-10-8-17(9-11-18)20-15(2)22/h3-11,14,19H,12-13H2,1-2H3,(H,20,22). The number of rotatable bonds is 4. The Labute approximate surface area is 153 Å². The van der Waals surface area contributed by atoms with Crippen molar-refractivity contribution in [2.24, 2.45) is 0 Å². The van der Waals surface area contributed by atoms with Gasteiger partial charge in [-0.05, 0) is 36.8 Å². The third-order valence-corrected chi connectivity index (χ3v) is 6.32. The summed E-state index contributed by atoms with van der Waals surface area (Å²) in [6.07, 6.45) is -0.291. The molecule has 0 spiro atoms. The van der Waals surface area contributed by atoms with Crippen LogP contribution in [0, 0.1) is 0 Å². The highest BCUT2D eigenvalue weighted by Gasteiger charge is 2.36. The normalized spacial score (nSPS) is 21.3. The monoisotopic (exact) mass is 374 g/mol. The highest BCUT2D eigenvalue weighted by molar-refractivity contribution is 7.89. The molecule has 1 heterocycles. The van der Waals surface area contributed by atoms with Crippen LogP contribution in [0.5, 0.6) is 0 Å². The number of morpholine rings is 1. The lowest BCUT2D eigenvalue weighted by Crippen LogP contribution is -2.48. The average molecular weight is 374 g/mol. The van der Waals surface area contributed by atoms with Crippen molar-refractivity contribution >= 4 is 21.6 Å². The van der Waals surface area contributed by atoms with Gasteiger partial charge in [0, 0.05) is 25.2 Å². The summed E-state index contributed by atoms with van der Waals surface area (Å²) in [4.78, 5) is 11.3. The van der Waals surface area contributed by atoms with Crippen LogP contribution in [0.2, 0.25) is 0 Å². The van der Waals surface area contributed by atoms with Gasteiger partial charge in [-0.2, -0.15) is 4.31 Å². The Morgan fingerprint density at radius 3 is 2.38 bits per heavy atom. The largest absolute Gasteiger partial charge is 0.370 e. The van der Waals surface area contributed by atoms with E-state index < -0.39 is 10.0 Å². The van der Waals surface area contributed by atoms with E-state index in [2.05, 4.69) is 5.32 Å². The summed E-state index contributed by atoms with van der Waals surface area (Å²) in [5, 5.41) is 2.63. The molecule has 2 atom stereocenters. The van der Waals surface area contributed by atoms with Crippen LogP contribution >= 0.6 is 0 Å². The van der Waals surface area contributed by atoms with Gasteiger partial charge >= 0.3 is 0 Å². The zero-order chi connectivity index (χ0) is 18.7. The Morgan fingerprint density at radius 2 is 1.77 bits per heavy atom. The van der Waals surface area contributed by atoms with Crippen molar-refractivity contribution in [1.29, 1.82) is 0 Å². The van der Waals surface area contributed by atoms with Crippen LogP contribution in [0.4, 0.5) is 5.69 Å². The molecular weight excluding hydrogens is 352 g/mol. The fourth-order valence-corrected chi connectivity index (χ4v) is 4.60. The van der Waals surface area contributed by atoms with Gasteiger partial charge in [-0.3, -0.25) is 4.79 Å². The van der Waals surface area contributed by atoms with Crippen molar-refractivity contribution < 1.29 is 17.9 Å². The molecule has 6 nitrogen and oxygen atoms in total. The summed E-state index contributed by atoms with van der Waals surface area (Å²) in [5.74, 6) is -0.201. The Kier molecular flexibility index (Phi) is 5.41. The van der Waals surface area contributed by atoms with E-state index in [9.17, 15) is 13.2 Å². The molecule has 1 saturated heterocycles. The first-order valence-electron chi connectivity index (χ1n) is 8.44. The molecule has 0 saturated carbocycles. The first-order chi connectivity index (χ1) is 12.4. The maximum Gasteiger partial charge on any atom is 0.243 e. The number of nitrogens with zero attached hydrogens (tertiary/aromatic N) is 1. The summed E-state index contributed by atoms with van der Waals surface area (Å²) in [7, 11) is -3.66. The van der Waals surface area contributed by atoms with Crippen molar-refractivity contribution in [2.45, 2.75) is 30.9 Å². The number of hydrogen-bond acceptors (Lipinski definition) is 4. The minimum atomic E-state index is -3.66. The number of hydrogen-bond donors (Lipinski definition) is 1. The number of ether oxygens (including phenoxy) is 1. The predicted molar refractivity (Wildman–Crippen MR) is 99.2 cm³/mol. The highest BCUT2D eigenvalue weighted by atomic mass is 32.2. The highest BCUT2D eigenvalue weighted by Crippen LogP contribution is 2.29. The van der Waals surface area contributed by atoms with Crippen LogP contribution in [0.15, 0.2) is 59.5 Å².